The summed E-state index contributed by atoms with van der Waals surface area (Å²) >= 11 is 0. The van der Waals surface area contributed by atoms with Gasteiger partial charge >= 0.3 is 5.69 Å². The molecule has 0 radical (unpaired) electrons. The second-order valence-corrected chi connectivity index (χ2v) is 4.50. The third-order valence-electron chi connectivity index (χ3n) is 3.29. The van der Waals surface area contributed by atoms with Gasteiger partial charge in [0, 0.05) is 23.9 Å². The summed E-state index contributed by atoms with van der Waals surface area (Å²) in [6.07, 6.45) is 1.78. The molecule has 5 nitrogen and oxygen atoms in total. The van der Waals surface area contributed by atoms with Gasteiger partial charge in [0.25, 0.3) is 0 Å². The second-order valence-electron chi connectivity index (χ2n) is 4.50. The molecule has 0 aliphatic carbocycles. The second kappa shape index (κ2) is 3.98. The lowest BCUT2D eigenvalue weighted by atomic mass is 10.0. The van der Waals surface area contributed by atoms with Crippen molar-refractivity contribution < 1.29 is 5.11 Å². The molecule has 0 fully saturated rings. The minimum absolute atomic E-state index is 0.128. The molecule has 2 N–H and O–H groups in total. The SMILES string of the molecule is CC1=Nc2ccccc2/C1=C/c1c(O)[nH]c(=O)n1C. The highest BCUT2D eigenvalue weighted by atomic mass is 16.3. The number of aromatic hydroxyl groups is 1. The van der Waals surface area contributed by atoms with Crippen LogP contribution in [-0.4, -0.2) is 20.4 Å². The summed E-state index contributed by atoms with van der Waals surface area (Å²) in [5.74, 6) is -0.128. The Balaban J connectivity index is 2.20. The summed E-state index contributed by atoms with van der Waals surface area (Å²) in [4.78, 5) is 18.3. The first-order valence-corrected chi connectivity index (χ1v) is 5.92. The molecule has 1 aromatic carbocycles. The van der Waals surface area contributed by atoms with Crippen LogP contribution < -0.4 is 5.69 Å². The van der Waals surface area contributed by atoms with Gasteiger partial charge in [0.2, 0.25) is 5.88 Å². The number of aromatic amines is 1. The summed E-state index contributed by atoms with van der Waals surface area (Å²) < 4.78 is 1.37. The molecule has 1 aliphatic rings. The van der Waals surface area contributed by atoms with Gasteiger partial charge in [-0.2, -0.15) is 0 Å². The quantitative estimate of drug-likeness (QED) is 0.818. The number of imidazole rings is 1. The predicted molar refractivity (Wildman–Crippen MR) is 74.8 cm³/mol. The van der Waals surface area contributed by atoms with Crippen molar-refractivity contribution in [2.45, 2.75) is 6.92 Å². The van der Waals surface area contributed by atoms with Crippen molar-refractivity contribution in [1.29, 1.82) is 0 Å². The molecule has 2 aromatic rings. The average molecular weight is 255 g/mol. The number of hydrogen-bond acceptors (Lipinski definition) is 3. The Hall–Kier alpha value is -2.56. The third-order valence-corrected chi connectivity index (χ3v) is 3.29. The zero-order chi connectivity index (χ0) is 13.6. The number of nitrogens with zero attached hydrogens (tertiary/aromatic N) is 2. The largest absolute Gasteiger partial charge is 0.493 e. The van der Waals surface area contributed by atoms with E-state index >= 15 is 0 Å². The van der Waals surface area contributed by atoms with Crippen molar-refractivity contribution in [2.75, 3.05) is 0 Å². The molecule has 0 unspecified atom stereocenters. The Morgan fingerprint density at radius 1 is 1.37 bits per heavy atom. The van der Waals surface area contributed by atoms with Gasteiger partial charge in [-0.25, -0.2) is 4.79 Å². The number of allylic oxidation sites excluding steroid dienone is 1. The Labute approximate surface area is 109 Å². The van der Waals surface area contributed by atoms with E-state index in [9.17, 15) is 9.90 Å². The van der Waals surface area contributed by atoms with Crippen molar-refractivity contribution in [3.05, 3.63) is 46.0 Å². The van der Waals surface area contributed by atoms with Gasteiger partial charge < -0.3 is 5.11 Å². The van der Waals surface area contributed by atoms with Gasteiger partial charge in [-0.3, -0.25) is 14.5 Å². The van der Waals surface area contributed by atoms with Crippen LogP contribution in [0.1, 0.15) is 18.2 Å². The van der Waals surface area contributed by atoms with Crippen LogP contribution in [0.3, 0.4) is 0 Å². The third kappa shape index (κ3) is 1.71. The van der Waals surface area contributed by atoms with Crippen LogP contribution in [0.15, 0.2) is 34.1 Å². The summed E-state index contributed by atoms with van der Waals surface area (Å²) in [6, 6.07) is 7.79. The van der Waals surface area contributed by atoms with Crippen LogP contribution >= 0.6 is 0 Å². The van der Waals surface area contributed by atoms with Crippen LogP contribution in [0.25, 0.3) is 11.6 Å². The maximum atomic E-state index is 11.4. The zero-order valence-electron chi connectivity index (χ0n) is 10.6. The average Bonchev–Trinajstić information content (AvgIpc) is 2.82. The first kappa shape index (κ1) is 11.5. The van der Waals surface area contributed by atoms with Gasteiger partial charge in [0.15, 0.2) is 0 Å². The highest BCUT2D eigenvalue weighted by Crippen LogP contribution is 2.36. The highest BCUT2D eigenvalue weighted by molar-refractivity contribution is 6.31. The molecule has 96 valence electrons. The van der Waals surface area contributed by atoms with Crippen molar-refractivity contribution in [3.8, 4) is 5.88 Å². The molecule has 0 atom stereocenters. The van der Waals surface area contributed by atoms with E-state index in [2.05, 4.69) is 9.98 Å². The van der Waals surface area contributed by atoms with Gasteiger partial charge in [-0.15, -0.1) is 0 Å². The standard InChI is InChI=1S/C14H13N3O2/c1-8-10(9-5-3-4-6-11(9)15-8)7-12-13(18)16-14(19)17(12)2/h3-7,18H,1-2H3,(H,16,19)/b10-7+. The number of fused-ring (bicyclic) bond motifs is 1. The van der Waals surface area contributed by atoms with E-state index in [1.807, 2.05) is 31.2 Å². The molecule has 5 heteroatoms. The van der Waals surface area contributed by atoms with Crippen molar-refractivity contribution >= 4 is 23.0 Å². The van der Waals surface area contributed by atoms with E-state index in [1.54, 1.807) is 13.1 Å². The number of benzene rings is 1. The fraction of sp³-hybridized carbons (Fsp3) is 0.143. The van der Waals surface area contributed by atoms with E-state index in [-0.39, 0.29) is 11.6 Å². The summed E-state index contributed by atoms with van der Waals surface area (Å²) in [5, 5.41) is 9.75. The van der Waals surface area contributed by atoms with Crippen molar-refractivity contribution in [3.63, 3.8) is 0 Å². The Kier molecular flexibility index (Phi) is 2.41. The van der Waals surface area contributed by atoms with E-state index in [1.165, 1.54) is 4.57 Å². The molecule has 19 heavy (non-hydrogen) atoms. The Bertz CT molecular complexity index is 778. The lowest BCUT2D eigenvalue weighted by Crippen LogP contribution is -2.13. The van der Waals surface area contributed by atoms with Crippen molar-refractivity contribution in [2.24, 2.45) is 12.0 Å². The van der Waals surface area contributed by atoms with Gasteiger partial charge in [-0.1, -0.05) is 18.2 Å². The van der Waals surface area contributed by atoms with E-state index < -0.39 is 0 Å². The van der Waals surface area contributed by atoms with Crippen LogP contribution in [0.2, 0.25) is 0 Å². The summed E-state index contributed by atoms with van der Waals surface area (Å²) in [6.45, 7) is 1.91. The summed E-state index contributed by atoms with van der Waals surface area (Å²) in [7, 11) is 1.61. The molecule has 0 bridgehead atoms. The van der Waals surface area contributed by atoms with E-state index in [0.29, 0.717) is 5.69 Å². The normalized spacial score (nSPS) is 15.7. The molecule has 0 saturated heterocycles. The highest BCUT2D eigenvalue weighted by Gasteiger charge is 2.18. The molecule has 1 aromatic heterocycles. The molecular weight excluding hydrogens is 242 g/mol. The minimum Gasteiger partial charge on any atom is -0.493 e. The van der Waals surface area contributed by atoms with Crippen molar-refractivity contribution in [1.82, 2.24) is 9.55 Å². The lowest BCUT2D eigenvalue weighted by molar-refractivity contribution is 0.454. The van der Waals surface area contributed by atoms with Crippen LogP contribution in [-0.2, 0) is 7.05 Å². The fourth-order valence-corrected chi connectivity index (χ4v) is 2.24. The molecular formula is C14H13N3O2. The summed E-state index contributed by atoms with van der Waals surface area (Å²) in [5.41, 5.74) is 3.81. The minimum atomic E-state index is -0.342. The zero-order valence-corrected chi connectivity index (χ0v) is 10.6. The Morgan fingerprint density at radius 2 is 2.11 bits per heavy atom. The first-order chi connectivity index (χ1) is 9.08. The van der Waals surface area contributed by atoms with Gasteiger partial charge in [0.1, 0.15) is 5.69 Å². The van der Waals surface area contributed by atoms with Crippen LogP contribution in [0.5, 0.6) is 5.88 Å². The predicted octanol–water partition coefficient (Wildman–Crippen LogP) is 2.07. The maximum Gasteiger partial charge on any atom is 0.328 e. The lowest BCUT2D eigenvalue weighted by Gasteiger charge is -2.02. The number of nitrogens with one attached hydrogen (secondary N) is 1. The van der Waals surface area contributed by atoms with Crippen LogP contribution in [0.4, 0.5) is 5.69 Å². The van der Waals surface area contributed by atoms with E-state index in [0.717, 1.165) is 22.5 Å². The number of aromatic nitrogens is 2. The molecule has 0 spiro atoms. The molecule has 0 saturated carbocycles. The van der Waals surface area contributed by atoms with E-state index in [4.69, 9.17) is 0 Å². The number of H-pyrrole nitrogens is 1. The molecule has 0 amide bonds. The monoisotopic (exact) mass is 255 g/mol. The Morgan fingerprint density at radius 3 is 2.79 bits per heavy atom. The topological polar surface area (TPSA) is 70.4 Å². The number of para-hydroxylation sites is 1. The first-order valence-electron chi connectivity index (χ1n) is 5.92. The fourth-order valence-electron chi connectivity index (χ4n) is 2.24. The molecule has 2 heterocycles. The molecule has 1 aliphatic heterocycles. The molecule has 3 rings (SSSR count). The van der Waals surface area contributed by atoms with Crippen LogP contribution in [0, 0.1) is 0 Å². The maximum absolute atomic E-state index is 11.4. The number of rotatable bonds is 1. The smallest absolute Gasteiger partial charge is 0.328 e. The van der Waals surface area contributed by atoms with Gasteiger partial charge in [0.05, 0.1) is 5.69 Å². The van der Waals surface area contributed by atoms with Gasteiger partial charge in [-0.05, 0) is 19.1 Å². The number of aliphatic imine (C=N–C) groups is 1. The number of hydrogen-bond donors (Lipinski definition) is 2.